The fourth-order valence-electron chi connectivity index (χ4n) is 2.90. The molecule has 2 aromatic carbocycles. The lowest BCUT2D eigenvalue weighted by atomic mass is 10.1. The van der Waals surface area contributed by atoms with Crippen molar-refractivity contribution in [3.8, 4) is 0 Å². The number of aliphatic hydroxyl groups excluding tert-OH is 1. The fraction of sp³-hybridized carbons (Fsp3) is 0.250. The first-order chi connectivity index (χ1) is 13.4. The molecule has 0 bridgehead atoms. The van der Waals surface area contributed by atoms with Gasteiger partial charge in [0.15, 0.2) is 12.2 Å². The molecule has 0 radical (unpaired) electrons. The van der Waals surface area contributed by atoms with E-state index in [-0.39, 0.29) is 12.4 Å². The first-order valence-corrected chi connectivity index (χ1v) is 8.80. The third-order valence-corrected chi connectivity index (χ3v) is 4.49. The maximum Gasteiger partial charge on any atom is 0.259 e. The number of amides is 2. The van der Waals surface area contributed by atoms with Gasteiger partial charge < -0.3 is 25.8 Å². The molecule has 28 heavy (non-hydrogen) atoms. The van der Waals surface area contributed by atoms with Crippen LogP contribution < -0.4 is 16.0 Å². The van der Waals surface area contributed by atoms with Crippen LogP contribution in [-0.4, -0.2) is 48.1 Å². The summed E-state index contributed by atoms with van der Waals surface area (Å²) in [7, 11) is 0. The van der Waals surface area contributed by atoms with E-state index < -0.39 is 24.0 Å². The molecule has 1 fully saturated rings. The summed E-state index contributed by atoms with van der Waals surface area (Å²) in [5, 5.41) is 20.3. The van der Waals surface area contributed by atoms with Crippen molar-refractivity contribution >= 4 is 29.0 Å². The number of rotatable bonds is 5. The van der Waals surface area contributed by atoms with Crippen LogP contribution in [0.5, 0.6) is 0 Å². The van der Waals surface area contributed by atoms with Crippen LogP contribution in [-0.2, 0) is 14.3 Å². The van der Waals surface area contributed by atoms with E-state index in [0.29, 0.717) is 23.5 Å². The predicted octanol–water partition coefficient (Wildman–Crippen LogP) is 1.01. The molecule has 2 atom stereocenters. The Labute approximate surface area is 162 Å². The number of nitrogens with zero attached hydrogens (tertiary/aromatic N) is 1. The lowest BCUT2D eigenvalue weighted by Gasteiger charge is -2.34. The van der Waals surface area contributed by atoms with Crippen LogP contribution in [0.25, 0.3) is 0 Å². The number of hydrogen-bond donors (Lipinski definition) is 4. The number of nitrogen functional groups attached to an aromatic ring is 1. The minimum atomic E-state index is -1.66. The van der Waals surface area contributed by atoms with E-state index in [9.17, 15) is 14.7 Å². The number of benzene rings is 2. The highest BCUT2D eigenvalue weighted by atomic mass is 16.5. The van der Waals surface area contributed by atoms with E-state index in [1.54, 1.807) is 24.3 Å². The Bertz CT molecular complexity index is 880. The third kappa shape index (κ3) is 4.19. The number of ether oxygens (including phenoxy) is 1. The van der Waals surface area contributed by atoms with E-state index in [0.717, 1.165) is 5.56 Å². The fourth-order valence-corrected chi connectivity index (χ4v) is 2.90. The number of carbonyl (C=O) groups excluding carboxylic acids is 2. The molecule has 0 saturated carbocycles. The van der Waals surface area contributed by atoms with E-state index in [4.69, 9.17) is 15.9 Å². The number of nitrogens with two attached hydrogens (primary N) is 1. The molecule has 1 heterocycles. The van der Waals surface area contributed by atoms with Crippen molar-refractivity contribution in [2.75, 3.05) is 23.4 Å². The highest BCUT2D eigenvalue weighted by Crippen LogP contribution is 2.21. The maximum absolute atomic E-state index is 12.8. The Hall–Kier alpha value is -3.23. The van der Waals surface area contributed by atoms with Gasteiger partial charge in [0.1, 0.15) is 5.84 Å². The quantitative estimate of drug-likeness (QED) is 0.453. The van der Waals surface area contributed by atoms with Crippen molar-refractivity contribution in [3.05, 3.63) is 59.7 Å². The van der Waals surface area contributed by atoms with Gasteiger partial charge in [-0.15, -0.1) is 0 Å². The van der Waals surface area contributed by atoms with Gasteiger partial charge in [0.25, 0.3) is 11.8 Å². The summed E-state index contributed by atoms with van der Waals surface area (Å²) in [6.07, 6.45) is -2.94. The van der Waals surface area contributed by atoms with Crippen molar-refractivity contribution in [1.82, 2.24) is 0 Å². The van der Waals surface area contributed by atoms with E-state index in [1.165, 1.54) is 4.90 Å². The number of amidine groups is 1. The van der Waals surface area contributed by atoms with Crippen molar-refractivity contribution in [2.45, 2.75) is 19.1 Å². The molecule has 146 valence electrons. The Morgan fingerprint density at radius 1 is 1.25 bits per heavy atom. The largest absolute Gasteiger partial charge is 0.384 e. The summed E-state index contributed by atoms with van der Waals surface area (Å²) in [5.74, 6) is -1.31. The molecule has 1 unspecified atom stereocenters. The molecule has 5 N–H and O–H groups in total. The summed E-state index contributed by atoms with van der Waals surface area (Å²) in [6.45, 7) is 2.51. The van der Waals surface area contributed by atoms with Gasteiger partial charge in [0.05, 0.1) is 6.61 Å². The van der Waals surface area contributed by atoms with Crippen molar-refractivity contribution < 1.29 is 19.4 Å². The number of aryl methyl sites for hydroxylation is 1. The van der Waals surface area contributed by atoms with Crippen LogP contribution in [0.1, 0.15) is 11.1 Å². The molecular formula is C20H22N4O4. The van der Waals surface area contributed by atoms with Gasteiger partial charge in [-0.05, 0) is 43.3 Å². The van der Waals surface area contributed by atoms with Gasteiger partial charge in [-0.2, -0.15) is 0 Å². The lowest BCUT2D eigenvalue weighted by Crippen LogP contribution is -2.55. The second-order valence-corrected chi connectivity index (χ2v) is 6.54. The van der Waals surface area contributed by atoms with Crippen molar-refractivity contribution in [3.63, 3.8) is 0 Å². The Kier molecular flexibility index (Phi) is 5.72. The van der Waals surface area contributed by atoms with Crippen molar-refractivity contribution in [2.24, 2.45) is 5.73 Å². The number of hydrogen-bond acceptors (Lipinski definition) is 5. The number of nitrogens with one attached hydrogen (secondary N) is 2. The molecule has 0 spiro atoms. The monoisotopic (exact) mass is 382 g/mol. The van der Waals surface area contributed by atoms with Crippen LogP contribution >= 0.6 is 0 Å². The average molecular weight is 382 g/mol. The zero-order valence-electron chi connectivity index (χ0n) is 15.4. The molecule has 8 heteroatoms. The molecule has 1 aliphatic heterocycles. The third-order valence-electron chi connectivity index (χ3n) is 4.49. The average Bonchev–Trinajstić information content (AvgIpc) is 2.69. The number of morpholine rings is 1. The number of aliphatic hydroxyl groups is 1. The summed E-state index contributed by atoms with van der Waals surface area (Å²) >= 11 is 0. The predicted molar refractivity (Wildman–Crippen MR) is 105 cm³/mol. The summed E-state index contributed by atoms with van der Waals surface area (Å²) < 4.78 is 5.39. The van der Waals surface area contributed by atoms with Gasteiger partial charge in [-0.3, -0.25) is 15.0 Å². The highest BCUT2D eigenvalue weighted by molar-refractivity contribution is 6.04. The minimum absolute atomic E-state index is 0.0877. The van der Waals surface area contributed by atoms with Gasteiger partial charge in [-0.25, -0.2) is 0 Å². The molecule has 0 aromatic heterocycles. The molecule has 2 amide bonds. The van der Waals surface area contributed by atoms with Gasteiger partial charge in [0, 0.05) is 23.5 Å². The maximum atomic E-state index is 12.8. The van der Waals surface area contributed by atoms with Crippen LogP contribution in [0.15, 0.2) is 48.5 Å². The van der Waals surface area contributed by atoms with Crippen LogP contribution in [0, 0.1) is 12.3 Å². The van der Waals surface area contributed by atoms with Gasteiger partial charge >= 0.3 is 0 Å². The molecule has 1 aliphatic rings. The Balaban J connectivity index is 1.69. The molecule has 0 aliphatic carbocycles. The summed E-state index contributed by atoms with van der Waals surface area (Å²) in [6, 6.07) is 13.7. The smallest absolute Gasteiger partial charge is 0.259 e. The first-order valence-electron chi connectivity index (χ1n) is 8.80. The Morgan fingerprint density at radius 2 is 1.89 bits per heavy atom. The zero-order chi connectivity index (χ0) is 20.3. The summed E-state index contributed by atoms with van der Waals surface area (Å²) in [4.78, 5) is 26.6. The number of anilines is 2. The van der Waals surface area contributed by atoms with E-state index >= 15 is 0 Å². The number of carbonyl (C=O) groups is 2. The molecule has 8 nitrogen and oxygen atoms in total. The lowest BCUT2D eigenvalue weighted by molar-refractivity contribution is -0.150. The first kappa shape index (κ1) is 19.5. The van der Waals surface area contributed by atoms with Gasteiger partial charge in [0.2, 0.25) is 0 Å². The van der Waals surface area contributed by atoms with E-state index in [1.807, 2.05) is 31.2 Å². The zero-order valence-corrected chi connectivity index (χ0v) is 15.4. The topological polar surface area (TPSA) is 129 Å². The highest BCUT2D eigenvalue weighted by Gasteiger charge is 2.39. The minimum Gasteiger partial charge on any atom is -0.384 e. The SMILES string of the molecule is Cc1ccc(N2CCOC([C@@H](O)C(=O)Nc3ccc(C(=N)N)cc3)C2=O)cc1. The van der Waals surface area contributed by atoms with Crippen molar-refractivity contribution in [1.29, 1.82) is 5.41 Å². The normalized spacial score (nSPS) is 17.9. The molecular weight excluding hydrogens is 360 g/mol. The van der Waals surface area contributed by atoms with E-state index in [2.05, 4.69) is 5.32 Å². The molecule has 3 rings (SSSR count). The van der Waals surface area contributed by atoms with Crippen LogP contribution in [0.2, 0.25) is 0 Å². The van der Waals surface area contributed by atoms with Crippen LogP contribution in [0.3, 0.4) is 0 Å². The summed E-state index contributed by atoms with van der Waals surface area (Å²) in [5.41, 5.74) is 8.07. The molecule has 1 saturated heterocycles. The standard InChI is InChI=1S/C20H22N4O4/c1-12-2-8-15(9-3-12)24-10-11-28-17(20(24)27)16(25)19(26)23-14-6-4-13(5-7-14)18(21)22/h2-9,16-17,25H,10-11H2,1H3,(H3,21,22)(H,23,26)/t16-,17?/m1/s1. The second-order valence-electron chi connectivity index (χ2n) is 6.54. The Morgan fingerprint density at radius 3 is 2.50 bits per heavy atom. The van der Waals surface area contributed by atoms with Crippen LogP contribution in [0.4, 0.5) is 11.4 Å². The van der Waals surface area contributed by atoms with Gasteiger partial charge in [-0.1, -0.05) is 17.7 Å². The molecule has 2 aromatic rings. The second kappa shape index (κ2) is 8.20.